The van der Waals surface area contributed by atoms with Crippen LogP contribution in [0.4, 0.5) is 0 Å². The molecule has 15 heavy (non-hydrogen) atoms. The molecular weight excluding hydrogens is 194 g/mol. The highest BCUT2D eigenvalue weighted by molar-refractivity contribution is 5.53. The van der Waals surface area contributed by atoms with Crippen molar-refractivity contribution in [2.24, 2.45) is 5.73 Å². The summed E-state index contributed by atoms with van der Waals surface area (Å²) in [5, 5.41) is 19.2. The number of hydrogen-bond acceptors (Lipinski definition) is 4. The summed E-state index contributed by atoms with van der Waals surface area (Å²) < 4.78 is 4.87. The third-order valence-corrected chi connectivity index (χ3v) is 2.42. The van der Waals surface area contributed by atoms with Crippen molar-refractivity contribution < 1.29 is 14.9 Å². The predicted octanol–water partition coefficient (Wildman–Crippen LogP) is 1.39. The summed E-state index contributed by atoms with van der Waals surface area (Å²) in [6.07, 6.45) is 1.37. The normalized spacial score (nSPS) is 12.5. The van der Waals surface area contributed by atoms with Crippen molar-refractivity contribution in [1.29, 1.82) is 0 Å². The van der Waals surface area contributed by atoms with Gasteiger partial charge < -0.3 is 20.7 Å². The first-order valence-corrected chi connectivity index (χ1v) is 4.93. The van der Waals surface area contributed by atoms with Gasteiger partial charge in [-0.25, -0.2) is 0 Å². The van der Waals surface area contributed by atoms with Crippen molar-refractivity contribution in [3.63, 3.8) is 0 Å². The highest BCUT2D eigenvalue weighted by atomic mass is 16.5. The standard InChI is InChI=1S/C11H17NO3/c1-3-8(12)6-7-4-5-9(15-2)11(14)10(7)13/h4-5,8,13-14H,3,6,12H2,1-2H3. The topological polar surface area (TPSA) is 75.7 Å². The van der Waals surface area contributed by atoms with Crippen molar-refractivity contribution in [3.05, 3.63) is 17.7 Å². The van der Waals surface area contributed by atoms with Crippen LogP contribution in [0.15, 0.2) is 12.1 Å². The van der Waals surface area contributed by atoms with Gasteiger partial charge in [0.1, 0.15) is 0 Å². The van der Waals surface area contributed by atoms with E-state index in [9.17, 15) is 10.2 Å². The second-order valence-corrected chi connectivity index (χ2v) is 3.50. The molecule has 4 nitrogen and oxygen atoms in total. The number of phenols is 2. The fraction of sp³-hybridized carbons (Fsp3) is 0.455. The van der Waals surface area contributed by atoms with E-state index in [1.807, 2.05) is 6.92 Å². The van der Waals surface area contributed by atoms with Crippen molar-refractivity contribution in [2.75, 3.05) is 7.11 Å². The maximum atomic E-state index is 9.67. The summed E-state index contributed by atoms with van der Waals surface area (Å²) in [6.45, 7) is 1.98. The number of hydrogen-bond donors (Lipinski definition) is 3. The van der Waals surface area contributed by atoms with E-state index in [1.165, 1.54) is 7.11 Å². The SMILES string of the molecule is CCC(N)Cc1ccc(OC)c(O)c1O. The zero-order valence-electron chi connectivity index (χ0n) is 9.03. The Morgan fingerprint density at radius 1 is 1.33 bits per heavy atom. The van der Waals surface area contributed by atoms with Crippen molar-refractivity contribution in [1.82, 2.24) is 0 Å². The molecule has 0 heterocycles. The van der Waals surface area contributed by atoms with Gasteiger partial charge in [0.05, 0.1) is 7.11 Å². The molecule has 0 aliphatic heterocycles. The molecule has 1 rings (SSSR count). The van der Waals surface area contributed by atoms with Crippen LogP contribution in [0.3, 0.4) is 0 Å². The lowest BCUT2D eigenvalue weighted by atomic mass is 10.0. The molecule has 0 saturated heterocycles. The summed E-state index contributed by atoms with van der Waals surface area (Å²) in [6, 6.07) is 3.32. The van der Waals surface area contributed by atoms with Gasteiger partial charge in [0, 0.05) is 6.04 Å². The average molecular weight is 211 g/mol. The minimum absolute atomic E-state index is 0.0105. The molecule has 0 aliphatic rings. The summed E-state index contributed by atoms with van der Waals surface area (Å²) in [4.78, 5) is 0. The monoisotopic (exact) mass is 211 g/mol. The van der Waals surface area contributed by atoms with Crippen LogP contribution in [0.5, 0.6) is 17.2 Å². The van der Waals surface area contributed by atoms with Crippen molar-refractivity contribution in [2.45, 2.75) is 25.8 Å². The van der Waals surface area contributed by atoms with Gasteiger partial charge in [0.15, 0.2) is 11.5 Å². The Kier molecular flexibility index (Phi) is 3.80. The second-order valence-electron chi connectivity index (χ2n) is 3.50. The van der Waals surface area contributed by atoms with Gasteiger partial charge in [-0.2, -0.15) is 0 Å². The summed E-state index contributed by atoms with van der Waals surface area (Å²) in [7, 11) is 1.44. The van der Waals surface area contributed by atoms with Crippen LogP contribution in [0, 0.1) is 0 Å². The number of rotatable bonds is 4. The average Bonchev–Trinajstić information content (AvgIpc) is 2.25. The zero-order valence-corrected chi connectivity index (χ0v) is 9.03. The maximum Gasteiger partial charge on any atom is 0.200 e. The molecule has 4 N–H and O–H groups in total. The molecule has 1 aromatic rings. The van der Waals surface area contributed by atoms with Gasteiger partial charge in [-0.3, -0.25) is 0 Å². The van der Waals surface area contributed by atoms with E-state index in [0.717, 1.165) is 6.42 Å². The molecule has 1 unspecified atom stereocenters. The van der Waals surface area contributed by atoms with E-state index in [-0.39, 0.29) is 23.3 Å². The maximum absolute atomic E-state index is 9.67. The van der Waals surface area contributed by atoms with Crippen LogP contribution in [-0.4, -0.2) is 23.4 Å². The van der Waals surface area contributed by atoms with Gasteiger partial charge in [-0.1, -0.05) is 13.0 Å². The lowest BCUT2D eigenvalue weighted by Crippen LogP contribution is -2.21. The number of nitrogens with two attached hydrogens (primary N) is 1. The first-order chi connectivity index (χ1) is 7.10. The van der Waals surface area contributed by atoms with Gasteiger partial charge in [-0.05, 0) is 24.5 Å². The van der Waals surface area contributed by atoms with Crippen LogP contribution in [-0.2, 0) is 6.42 Å². The smallest absolute Gasteiger partial charge is 0.200 e. The molecule has 0 bridgehead atoms. The van der Waals surface area contributed by atoms with Crippen LogP contribution < -0.4 is 10.5 Å². The number of aromatic hydroxyl groups is 2. The molecule has 0 radical (unpaired) electrons. The van der Waals surface area contributed by atoms with E-state index < -0.39 is 0 Å². The van der Waals surface area contributed by atoms with Crippen LogP contribution in [0.1, 0.15) is 18.9 Å². The molecule has 0 aliphatic carbocycles. The van der Waals surface area contributed by atoms with Crippen LogP contribution >= 0.6 is 0 Å². The molecule has 0 saturated carbocycles. The van der Waals surface area contributed by atoms with Crippen molar-refractivity contribution >= 4 is 0 Å². The third kappa shape index (κ3) is 2.53. The Bertz CT molecular complexity index is 339. The summed E-state index contributed by atoms with van der Waals surface area (Å²) in [5.74, 6) is -0.0992. The number of ether oxygens (including phenoxy) is 1. The fourth-order valence-corrected chi connectivity index (χ4v) is 1.36. The Labute approximate surface area is 89.3 Å². The fourth-order valence-electron chi connectivity index (χ4n) is 1.36. The number of benzene rings is 1. The predicted molar refractivity (Wildman–Crippen MR) is 58.3 cm³/mol. The lowest BCUT2D eigenvalue weighted by molar-refractivity contribution is 0.348. The first kappa shape index (κ1) is 11.7. The molecule has 0 fully saturated rings. The van der Waals surface area contributed by atoms with E-state index in [4.69, 9.17) is 10.5 Å². The van der Waals surface area contributed by atoms with Gasteiger partial charge in [-0.15, -0.1) is 0 Å². The minimum atomic E-state index is -0.224. The molecule has 0 aromatic heterocycles. The quantitative estimate of drug-likeness (QED) is 0.658. The molecule has 0 amide bonds. The van der Waals surface area contributed by atoms with Crippen LogP contribution in [0.25, 0.3) is 0 Å². The highest BCUT2D eigenvalue weighted by Crippen LogP contribution is 2.38. The first-order valence-electron chi connectivity index (χ1n) is 4.93. The van der Waals surface area contributed by atoms with E-state index in [0.29, 0.717) is 12.0 Å². The van der Waals surface area contributed by atoms with Crippen LogP contribution in [0.2, 0.25) is 0 Å². The second kappa shape index (κ2) is 4.89. The number of methoxy groups -OCH3 is 1. The molecule has 1 aromatic carbocycles. The Morgan fingerprint density at radius 3 is 2.53 bits per heavy atom. The van der Waals surface area contributed by atoms with Gasteiger partial charge in [0.2, 0.25) is 5.75 Å². The highest BCUT2D eigenvalue weighted by Gasteiger charge is 2.13. The molecule has 84 valence electrons. The van der Waals surface area contributed by atoms with E-state index >= 15 is 0 Å². The molecule has 1 atom stereocenters. The van der Waals surface area contributed by atoms with Gasteiger partial charge in [0.25, 0.3) is 0 Å². The lowest BCUT2D eigenvalue weighted by Gasteiger charge is -2.12. The number of phenolic OH excluding ortho intramolecular Hbond substituents is 2. The van der Waals surface area contributed by atoms with Crippen molar-refractivity contribution in [3.8, 4) is 17.2 Å². The zero-order chi connectivity index (χ0) is 11.4. The Hall–Kier alpha value is -1.42. The Balaban J connectivity index is 2.96. The minimum Gasteiger partial charge on any atom is -0.504 e. The summed E-state index contributed by atoms with van der Waals surface area (Å²) in [5.41, 5.74) is 6.41. The molecular formula is C11H17NO3. The molecule has 0 spiro atoms. The van der Waals surface area contributed by atoms with E-state index in [1.54, 1.807) is 12.1 Å². The summed E-state index contributed by atoms with van der Waals surface area (Å²) >= 11 is 0. The Morgan fingerprint density at radius 2 is 2.00 bits per heavy atom. The molecule has 4 heteroatoms. The van der Waals surface area contributed by atoms with Gasteiger partial charge >= 0.3 is 0 Å². The third-order valence-electron chi connectivity index (χ3n) is 2.42. The largest absolute Gasteiger partial charge is 0.504 e. The van der Waals surface area contributed by atoms with E-state index in [2.05, 4.69) is 0 Å².